The number of rotatable bonds is 1. The number of carbonyl (C=O) groups is 1. The van der Waals surface area contributed by atoms with Gasteiger partial charge >= 0.3 is 0 Å². The molecule has 1 aliphatic heterocycles. The first-order valence-electron chi connectivity index (χ1n) is 5.17. The topological polar surface area (TPSA) is 29.5 Å². The molecule has 0 fully saturated rings. The van der Waals surface area contributed by atoms with E-state index in [1.165, 1.54) is 0 Å². The monoisotopic (exact) mass is 239 g/mol. The van der Waals surface area contributed by atoms with Gasteiger partial charge in [0.25, 0.3) is 0 Å². The Bertz CT molecular complexity index is 417. The molecule has 0 unspecified atom stereocenters. The van der Waals surface area contributed by atoms with Crippen molar-refractivity contribution in [3.8, 4) is 0 Å². The summed E-state index contributed by atoms with van der Waals surface area (Å²) >= 11 is 5.63. The summed E-state index contributed by atoms with van der Waals surface area (Å²) in [7, 11) is 0. The summed E-state index contributed by atoms with van der Waals surface area (Å²) in [4.78, 5) is 13.5. The molecular weight excluding hydrogens is 226 g/mol. The molecule has 0 N–H and O–H groups in total. The van der Waals surface area contributed by atoms with Crippen LogP contribution in [0, 0.1) is 0 Å². The average molecular weight is 240 g/mol. The van der Waals surface area contributed by atoms with Crippen LogP contribution in [0.3, 0.4) is 0 Å². The van der Waals surface area contributed by atoms with Gasteiger partial charge in [-0.3, -0.25) is 9.69 Å². The maximum Gasteiger partial charge on any atom is 0.244 e. The number of ether oxygens (including phenoxy) is 1. The molecule has 0 saturated heterocycles. The van der Waals surface area contributed by atoms with Gasteiger partial charge in [0.2, 0.25) is 5.91 Å². The molecule has 0 saturated carbocycles. The molecule has 0 bridgehead atoms. The Kier molecular flexibility index (Phi) is 2.91. The van der Waals surface area contributed by atoms with Crippen LogP contribution in [-0.2, 0) is 16.1 Å². The number of carbonyl (C=O) groups excluding carboxylic acids is 1. The molecule has 1 amide bonds. The molecule has 1 aromatic rings. The van der Waals surface area contributed by atoms with Crippen LogP contribution in [0.15, 0.2) is 24.3 Å². The van der Waals surface area contributed by atoms with E-state index in [0.29, 0.717) is 6.61 Å². The van der Waals surface area contributed by atoms with Gasteiger partial charge in [0.15, 0.2) is 0 Å². The van der Waals surface area contributed by atoms with Gasteiger partial charge in [-0.1, -0.05) is 18.2 Å². The minimum absolute atomic E-state index is 0.0406. The summed E-state index contributed by atoms with van der Waals surface area (Å²) in [6.45, 7) is 4.26. The molecule has 1 aromatic carbocycles. The molecule has 0 atom stereocenters. The van der Waals surface area contributed by atoms with Crippen LogP contribution in [0.5, 0.6) is 0 Å². The van der Waals surface area contributed by atoms with Crippen molar-refractivity contribution in [1.82, 2.24) is 0 Å². The maximum atomic E-state index is 11.9. The predicted octanol–water partition coefficient (Wildman–Crippen LogP) is 2.52. The van der Waals surface area contributed by atoms with Crippen LogP contribution in [0.4, 0.5) is 5.69 Å². The fourth-order valence-electron chi connectivity index (χ4n) is 1.95. The number of anilines is 1. The van der Waals surface area contributed by atoms with Crippen LogP contribution >= 0.6 is 11.6 Å². The number of amides is 1. The van der Waals surface area contributed by atoms with Crippen LogP contribution in [0.1, 0.15) is 19.4 Å². The molecule has 4 heteroatoms. The van der Waals surface area contributed by atoms with Gasteiger partial charge in [0.05, 0.1) is 12.3 Å². The number of alkyl halides is 1. The van der Waals surface area contributed by atoms with Crippen molar-refractivity contribution < 1.29 is 9.53 Å². The Balaban J connectivity index is 2.49. The van der Waals surface area contributed by atoms with Crippen molar-refractivity contribution in [2.24, 2.45) is 0 Å². The third-order valence-corrected chi connectivity index (χ3v) is 2.94. The van der Waals surface area contributed by atoms with E-state index >= 15 is 0 Å². The lowest BCUT2D eigenvalue weighted by atomic mass is 10.1. The van der Waals surface area contributed by atoms with E-state index in [-0.39, 0.29) is 11.8 Å². The summed E-state index contributed by atoms with van der Waals surface area (Å²) in [6.07, 6.45) is 0. The summed E-state index contributed by atoms with van der Waals surface area (Å²) in [5.41, 5.74) is 1.27. The Hall–Kier alpha value is -1.06. The van der Waals surface area contributed by atoms with Crippen molar-refractivity contribution in [2.45, 2.75) is 26.2 Å². The molecule has 0 radical (unpaired) electrons. The normalized spacial score (nSPS) is 18.1. The van der Waals surface area contributed by atoms with E-state index in [9.17, 15) is 4.79 Å². The lowest BCUT2D eigenvalue weighted by Gasteiger charge is -2.42. The third-order valence-electron chi connectivity index (χ3n) is 2.72. The van der Waals surface area contributed by atoms with E-state index in [1.54, 1.807) is 4.90 Å². The molecule has 3 nitrogen and oxygen atoms in total. The fraction of sp³-hybridized carbons (Fsp3) is 0.417. The number of hydrogen-bond donors (Lipinski definition) is 0. The Morgan fingerprint density at radius 3 is 2.88 bits per heavy atom. The number of benzene rings is 1. The molecule has 1 heterocycles. The third kappa shape index (κ3) is 1.81. The zero-order chi connectivity index (χ0) is 11.8. The maximum absolute atomic E-state index is 11.9. The molecular formula is C12H14ClNO2. The molecule has 2 rings (SSSR count). The van der Waals surface area contributed by atoms with Gasteiger partial charge in [0.1, 0.15) is 11.6 Å². The van der Waals surface area contributed by atoms with Crippen LogP contribution in [0.25, 0.3) is 0 Å². The van der Waals surface area contributed by atoms with E-state index < -0.39 is 5.72 Å². The minimum atomic E-state index is -0.639. The van der Waals surface area contributed by atoms with Crippen molar-refractivity contribution in [1.29, 1.82) is 0 Å². The predicted molar refractivity (Wildman–Crippen MR) is 63.5 cm³/mol. The number of fused-ring (bicyclic) bond motifs is 1. The zero-order valence-corrected chi connectivity index (χ0v) is 10.1. The largest absolute Gasteiger partial charge is 0.351 e. The van der Waals surface area contributed by atoms with Crippen LogP contribution in [0.2, 0.25) is 0 Å². The first-order chi connectivity index (χ1) is 7.56. The average Bonchev–Trinajstić information content (AvgIpc) is 2.27. The van der Waals surface area contributed by atoms with Gasteiger partial charge in [-0.05, 0) is 19.9 Å². The van der Waals surface area contributed by atoms with Crippen molar-refractivity contribution in [3.05, 3.63) is 29.8 Å². The summed E-state index contributed by atoms with van der Waals surface area (Å²) in [5, 5.41) is 0. The van der Waals surface area contributed by atoms with Crippen molar-refractivity contribution in [3.63, 3.8) is 0 Å². The summed E-state index contributed by atoms with van der Waals surface area (Å²) in [5.74, 6) is -0.181. The van der Waals surface area contributed by atoms with E-state index in [1.807, 2.05) is 38.1 Å². The molecule has 1 aliphatic rings. The van der Waals surface area contributed by atoms with E-state index in [4.69, 9.17) is 16.3 Å². The highest BCUT2D eigenvalue weighted by molar-refractivity contribution is 6.29. The fourth-order valence-corrected chi connectivity index (χ4v) is 2.07. The van der Waals surface area contributed by atoms with Crippen molar-refractivity contribution in [2.75, 3.05) is 10.8 Å². The first kappa shape index (κ1) is 11.4. The molecule has 0 spiro atoms. The second kappa shape index (κ2) is 4.07. The Labute approximate surface area is 100.0 Å². The molecule has 0 aromatic heterocycles. The zero-order valence-electron chi connectivity index (χ0n) is 9.37. The number of nitrogens with zero attached hydrogens (tertiary/aromatic N) is 1. The second-order valence-electron chi connectivity index (χ2n) is 4.23. The Morgan fingerprint density at radius 1 is 1.50 bits per heavy atom. The number of hydrogen-bond acceptors (Lipinski definition) is 2. The number of halogens is 1. The summed E-state index contributed by atoms with van der Waals surface area (Å²) in [6, 6.07) is 7.72. The van der Waals surface area contributed by atoms with Gasteiger partial charge < -0.3 is 4.74 Å². The van der Waals surface area contributed by atoms with E-state index in [0.717, 1.165) is 11.3 Å². The Morgan fingerprint density at radius 2 is 2.19 bits per heavy atom. The summed E-state index contributed by atoms with van der Waals surface area (Å²) < 4.78 is 5.67. The van der Waals surface area contributed by atoms with Crippen molar-refractivity contribution >= 4 is 23.2 Å². The quantitative estimate of drug-likeness (QED) is 0.705. The van der Waals surface area contributed by atoms with Crippen LogP contribution < -0.4 is 4.90 Å². The van der Waals surface area contributed by atoms with Gasteiger partial charge in [-0.15, -0.1) is 11.6 Å². The van der Waals surface area contributed by atoms with Gasteiger partial charge in [0, 0.05) is 5.56 Å². The van der Waals surface area contributed by atoms with Crippen LogP contribution in [-0.4, -0.2) is 17.5 Å². The minimum Gasteiger partial charge on any atom is -0.351 e. The highest BCUT2D eigenvalue weighted by atomic mass is 35.5. The van der Waals surface area contributed by atoms with Gasteiger partial charge in [-0.2, -0.15) is 0 Å². The number of para-hydroxylation sites is 1. The molecule has 16 heavy (non-hydrogen) atoms. The standard InChI is InChI=1S/C12H14ClNO2/c1-12(2)14(11(15)7-13)10-6-4-3-5-9(10)8-16-12/h3-6H,7-8H2,1-2H3. The highest BCUT2D eigenvalue weighted by Crippen LogP contribution is 2.34. The smallest absolute Gasteiger partial charge is 0.244 e. The molecule has 86 valence electrons. The molecule has 0 aliphatic carbocycles. The van der Waals surface area contributed by atoms with E-state index in [2.05, 4.69) is 0 Å². The highest BCUT2D eigenvalue weighted by Gasteiger charge is 2.37. The lowest BCUT2D eigenvalue weighted by Crippen LogP contribution is -2.53. The second-order valence-corrected chi connectivity index (χ2v) is 4.49. The SMILES string of the molecule is CC1(C)OCc2ccccc2N1C(=O)CCl. The first-order valence-corrected chi connectivity index (χ1v) is 5.70. The van der Waals surface area contributed by atoms with Gasteiger partial charge in [-0.25, -0.2) is 0 Å². The lowest BCUT2D eigenvalue weighted by molar-refractivity contribution is -0.124.